The highest BCUT2D eigenvalue weighted by atomic mass is 32.1. The van der Waals surface area contributed by atoms with Gasteiger partial charge in [0.1, 0.15) is 12.0 Å². The topological polar surface area (TPSA) is 94.8 Å². The number of anilines is 1. The van der Waals surface area contributed by atoms with Crippen molar-refractivity contribution in [2.45, 2.75) is 58.5 Å². The van der Waals surface area contributed by atoms with Crippen LogP contribution >= 0.6 is 11.3 Å². The number of likely N-dealkylation sites (N-methyl/N-ethyl adjacent to an activating group) is 1. The number of aryl methyl sites for hydroxylation is 1. The van der Waals surface area contributed by atoms with E-state index in [0.717, 1.165) is 60.1 Å². The predicted octanol–water partition coefficient (Wildman–Crippen LogP) is 4.47. The molecule has 2 aromatic heterocycles. The average Bonchev–Trinajstić information content (AvgIpc) is 3.70. The van der Waals surface area contributed by atoms with E-state index >= 15 is 0 Å². The Morgan fingerprint density at radius 3 is 2.45 bits per heavy atom. The lowest BCUT2D eigenvalue weighted by atomic mass is 9.91. The van der Waals surface area contributed by atoms with Crippen molar-refractivity contribution < 1.29 is 14.1 Å². The lowest BCUT2D eigenvalue weighted by Gasteiger charge is -2.32. The van der Waals surface area contributed by atoms with E-state index in [-0.39, 0.29) is 23.8 Å². The Hall–Kier alpha value is -3.24. The number of aromatic nitrogens is 2. The molecule has 2 amide bonds. The molecular weight excluding hydrogens is 524 g/mol. The first-order valence-electron chi connectivity index (χ1n) is 14.2. The maximum Gasteiger partial charge on any atom is 0.243 e. The van der Waals surface area contributed by atoms with Gasteiger partial charge in [0.25, 0.3) is 0 Å². The third-order valence-corrected chi connectivity index (χ3v) is 9.18. The van der Waals surface area contributed by atoms with Crippen molar-refractivity contribution in [2.75, 3.05) is 44.7 Å². The number of thiazole rings is 1. The third-order valence-electron chi connectivity index (χ3n) is 8.20. The molecule has 3 unspecified atom stereocenters. The number of carbonyl (C=O) groups excluding carboxylic acids is 2. The normalized spacial score (nSPS) is 19.7. The van der Waals surface area contributed by atoms with Gasteiger partial charge in [-0.05, 0) is 50.8 Å². The number of rotatable bonds is 8. The zero-order chi connectivity index (χ0) is 28.4. The van der Waals surface area contributed by atoms with Crippen molar-refractivity contribution in [2.24, 2.45) is 5.92 Å². The lowest BCUT2D eigenvalue weighted by Crippen LogP contribution is -2.48. The van der Waals surface area contributed by atoms with Gasteiger partial charge in [0.2, 0.25) is 11.8 Å². The van der Waals surface area contributed by atoms with E-state index in [1.54, 1.807) is 16.2 Å². The van der Waals surface area contributed by atoms with E-state index in [2.05, 4.69) is 44.4 Å². The van der Waals surface area contributed by atoms with Crippen LogP contribution in [-0.4, -0.2) is 77.6 Å². The van der Waals surface area contributed by atoms with Gasteiger partial charge in [0.15, 0.2) is 11.6 Å². The highest BCUT2D eigenvalue weighted by Gasteiger charge is 2.40. The minimum Gasteiger partial charge on any atom is -0.358 e. The Bertz CT molecular complexity index is 1310. The SMILES string of the molecule is Cc1ncsc1-c1ccc(C(C)NC(=O)C2CCCN2C(=O)C(c2cc(N3CCN(C)CC3)no2)C(C)C)cc1. The first-order valence-corrected chi connectivity index (χ1v) is 15.1. The quantitative estimate of drug-likeness (QED) is 0.432. The fraction of sp³-hybridized carbons (Fsp3) is 0.533. The van der Waals surface area contributed by atoms with Crippen LogP contribution in [0.1, 0.15) is 62.6 Å². The van der Waals surface area contributed by atoms with Crippen LogP contribution in [0.15, 0.2) is 40.4 Å². The van der Waals surface area contributed by atoms with Crippen LogP contribution in [-0.2, 0) is 9.59 Å². The summed E-state index contributed by atoms with van der Waals surface area (Å²) >= 11 is 1.63. The summed E-state index contributed by atoms with van der Waals surface area (Å²) in [6.45, 7) is 12.3. The molecule has 214 valence electrons. The van der Waals surface area contributed by atoms with Gasteiger partial charge in [-0.3, -0.25) is 9.59 Å². The number of piperazine rings is 1. The van der Waals surface area contributed by atoms with Crippen LogP contribution in [0.25, 0.3) is 10.4 Å². The molecule has 9 nitrogen and oxygen atoms in total. The van der Waals surface area contributed by atoms with E-state index in [4.69, 9.17) is 4.52 Å². The minimum atomic E-state index is -0.490. The summed E-state index contributed by atoms with van der Waals surface area (Å²) in [7, 11) is 2.11. The molecule has 0 aliphatic carbocycles. The van der Waals surface area contributed by atoms with E-state index in [9.17, 15) is 9.59 Å². The molecule has 2 saturated heterocycles. The molecule has 0 radical (unpaired) electrons. The van der Waals surface area contributed by atoms with Gasteiger partial charge in [-0.25, -0.2) is 4.98 Å². The van der Waals surface area contributed by atoms with Gasteiger partial charge in [0, 0.05) is 38.8 Å². The van der Waals surface area contributed by atoms with Gasteiger partial charge in [-0.1, -0.05) is 43.3 Å². The van der Waals surface area contributed by atoms with E-state index in [0.29, 0.717) is 18.7 Å². The van der Waals surface area contributed by atoms with Crippen molar-refractivity contribution in [3.8, 4) is 10.4 Å². The Kier molecular flexibility index (Phi) is 8.56. The summed E-state index contributed by atoms with van der Waals surface area (Å²) in [5.41, 5.74) is 5.02. The van der Waals surface area contributed by atoms with Crippen molar-refractivity contribution in [3.05, 3.63) is 52.9 Å². The van der Waals surface area contributed by atoms with Gasteiger partial charge >= 0.3 is 0 Å². The standard InChI is InChI=1S/C30H40N6O3S/c1-19(2)27(25-17-26(33-39-25)35-15-13-34(5)14-16-35)30(38)36-12-6-7-24(36)29(37)32-20(3)22-8-10-23(11-9-22)28-21(4)31-18-40-28/h8-11,17-20,24,27H,6-7,12-16H2,1-5H3,(H,32,37). The number of amides is 2. The Labute approximate surface area is 240 Å². The largest absolute Gasteiger partial charge is 0.358 e. The Morgan fingerprint density at radius 1 is 1.07 bits per heavy atom. The fourth-order valence-corrected chi connectivity index (χ4v) is 6.53. The highest BCUT2D eigenvalue weighted by molar-refractivity contribution is 7.13. The monoisotopic (exact) mass is 564 g/mol. The molecule has 1 aromatic carbocycles. The maximum atomic E-state index is 13.9. The van der Waals surface area contributed by atoms with Crippen LogP contribution in [0.4, 0.5) is 5.82 Å². The highest BCUT2D eigenvalue weighted by Crippen LogP contribution is 2.33. The van der Waals surface area contributed by atoms with Crippen LogP contribution < -0.4 is 10.2 Å². The van der Waals surface area contributed by atoms with Gasteiger partial charge in [-0.15, -0.1) is 11.3 Å². The fourth-order valence-electron chi connectivity index (χ4n) is 5.72. The number of nitrogens with one attached hydrogen (secondary N) is 1. The van der Waals surface area contributed by atoms with Crippen molar-refractivity contribution in [3.63, 3.8) is 0 Å². The van der Waals surface area contributed by atoms with Gasteiger partial charge < -0.3 is 24.5 Å². The molecular formula is C30H40N6O3S. The smallest absolute Gasteiger partial charge is 0.243 e. The number of carbonyl (C=O) groups is 2. The molecule has 0 spiro atoms. The van der Waals surface area contributed by atoms with Crippen LogP contribution in [0, 0.1) is 12.8 Å². The zero-order valence-corrected chi connectivity index (χ0v) is 24.9. The number of likely N-dealkylation sites (tertiary alicyclic amines) is 1. The predicted molar refractivity (Wildman–Crippen MR) is 157 cm³/mol. The molecule has 0 saturated carbocycles. The summed E-state index contributed by atoms with van der Waals surface area (Å²) in [4.78, 5) is 39.1. The Morgan fingerprint density at radius 2 is 1.80 bits per heavy atom. The molecule has 10 heteroatoms. The number of nitrogens with zero attached hydrogens (tertiary/aromatic N) is 5. The molecule has 40 heavy (non-hydrogen) atoms. The van der Waals surface area contributed by atoms with Crippen molar-refractivity contribution in [1.29, 1.82) is 0 Å². The van der Waals surface area contributed by atoms with Crippen molar-refractivity contribution in [1.82, 2.24) is 25.3 Å². The average molecular weight is 565 g/mol. The van der Waals surface area contributed by atoms with Gasteiger partial charge in [0.05, 0.1) is 22.1 Å². The molecule has 4 heterocycles. The second-order valence-electron chi connectivity index (χ2n) is 11.4. The number of benzene rings is 1. The van der Waals surface area contributed by atoms with Crippen LogP contribution in [0.3, 0.4) is 0 Å². The molecule has 2 fully saturated rings. The van der Waals surface area contributed by atoms with E-state index < -0.39 is 12.0 Å². The molecule has 2 aliphatic rings. The third kappa shape index (κ3) is 5.93. The van der Waals surface area contributed by atoms with E-state index in [1.807, 2.05) is 51.4 Å². The summed E-state index contributed by atoms with van der Waals surface area (Å²) in [6, 6.07) is 9.49. The minimum absolute atomic E-state index is 0.00437. The van der Waals surface area contributed by atoms with E-state index in [1.165, 1.54) is 0 Å². The molecule has 0 bridgehead atoms. The molecule has 5 rings (SSSR count). The van der Waals surface area contributed by atoms with Crippen LogP contribution in [0.5, 0.6) is 0 Å². The van der Waals surface area contributed by atoms with Gasteiger partial charge in [-0.2, -0.15) is 0 Å². The number of hydrogen-bond acceptors (Lipinski definition) is 8. The molecule has 3 aromatic rings. The molecule has 1 N–H and O–H groups in total. The second kappa shape index (κ2) is 12.1. The summed E-state index contributed by atoms with van der Waals surface area (Å²) in [6.07, 6.45) is 1.45. The van der Waals surface area contributed by atoms with Crippen LogP contribution in [0.2, 0.25) is 0 Å². The first-order chi connectivity index (χ1) is 19.2. The number of hydrogen-bond donors (Lipinski definition) is 1. The molecule has 3 atom stereocenters. The molecule has 2 aliphatic heterocycles. The van der Waals surface area contributed by atoms with Crippen molar-refractivity contribution >= 4 is 29.0 Å². The first kappa shape index (κ1) is 28.3. The summed E-state index contributed by atoms with van der Waals surface area (Å²) in [5.74, 6) is 0.698. The summed E-state index contributed by atoms with van der Waals surface area (Å²) < 4.78 is 5.75. The summed E-state index contributed by atoms with van der Waals surface area (Å²) in [5, 5.41) is 7.47. The maximum absolute atomic E-state index is 13.9. The lowest BCUT2D eigenvalue weighted by molar-refractivity contribution is -0.141. The second-order valence-corrected chi connectivity index (χ2v) is 12.3. The Balaban J connectivity index is 1.25. The zero-order valence-electron chi connectivity index (χ0n) is 24.1.